The fourth-order valence-corrected chi connectivity index (χ4v) is 4.60. The molecule has 0 radical (unpaired) electrons. The predicted octanol–water partition coefficient (Wildman–Crippen LogP) is 1.73. The number of amides is 1. The van der Waals surface area contributed by atoms with Crippen LogP contribution in [0.3, 0.4) is 0 Å². The first-order valence-corrected chi connectivity index (χ1v) is 10.1. The minimum Gasteiger partial charge on any atom is -1.00 e. The number of halogens is 2. The molecule has 5 nitrogen and oxygen atoms in total. The molecule has 146 valence electrons. The van der Waals surface area contributed by atoms with Crippen LogP contribution in [0.2, 0.25) is 5.02 Å². The number of para-hydroxylation sites is 1. The van der Waals surface area contributed by atoms with Gasteiger partial charge in [-0.3, -0.25) is 9.69 Å². The smallest absolute Gasteiger partial charge is 0.238 e. The molecule has 1 amide bonds. The quantitative estimate of drug-likeness (QED) is 0.491. The van der Waals surface area contributed by atoms with Gasteiger partial charge in [-0.1, -0.05) is 35.5 Å². The summed E-state index contributed by atoms with van der Waals surface area (Å²) in [5.41, 5.74) is 3.61. The maximum Gasteiger partial charge on any atom is 0.238 e. The van der Waals surface area contributed by atoms with Crippen LogP contribution in [0.4, 0.5) is 11.4 Å². The average Bonchev–Trinajstić information content (AvgIpc) is 3.18. The molecule has 0 fully saturated rings. The van der Waals surface area contributed by atoms with Gasteiger partial charge in [-0.2, -0.15) is 0 Å². The number of aromatic amines is 1. The van der Waals surface area contributed by atoms with Crippen molar-refractivity contribution >= 4 is 51.7 Å². The summed E-state index contributed by atoms with van der Waals surface area (Å²) in [5.74, 6) is 0.0356. The molecule has 0 aliphatic carbocycles. The van der Waals surface area contributed by atoms with Gasteiger partial charge in [0.25, 0.3) is 0 Å². The van der Waals surface area contributed by atoms with Crippen molar-refractivity contribution in [1.29, 1.82) is 0 Å². The van der Waals surface area contributed by atoms with Crippen LogP contribution in [0.5, 0.6) is 0 Å². The van der Waals surface area contributed by atoms with Crippen LogP contribution in [-0.4, -0.2) is 15.9 Å². The van der Waals surface area contributed by atoms with Gasteiger partial charge in [-0.05, 0) is 30.3 Å². The van der Waals surface area contributed by atoms with E-state index in [9.17, 15) is 4.79 Å². The lowest BCUT2D eigenvalue weighted by molar-refractivity contribution is -0.694. The second-order valence-corrected chi connectivity index (χ2v) is 8.07. The molecule has 0 saturated heterocycles. The number of aromatic nitrogens is 3. The van der Waals surface area contributed by atoms with Crippen molar-refractivity contribution in [2.75, 3.05) is 4.90 Å². The van der Waals surface area contributed by atoms with Crippen molar-refractivity contribution in [3.8, 4) is 0 Å². The van der Waals surface area contributed by atoms with Crippen LogP contribution >= 0.6 is 23.4 Å². The second-order valence-electron chi connectivity index (χ2n) is 6.55. The number of nitrogens with zero attached hydrogens (tertiary/aromatic N) is 3. The minimum absolute atomic E-state index is 0. The molecule has 0 spiro atoms. The van der Waals surface area contributed by atoms with Crippen molar-refractivity contribution < 1.29 is 21.8 Å². The van der Waals surface area contributed by atoms with Crippen molar-refractivity contribution in [3.63, 3.8) is 0 Å². The van der Waals surface area contributed by atoms with Gasteiger partial charge >= 0.3 is 0 Å². The molecule has 0 atom stereocenters. The molecule has 5 rings (SSSR count). The SMILES string of the molecule is O=C(CC[n+]1ccc2nc[nH]c2c1)N1c2ccccc2Sc2ccc(Cl)cc21.[Cl-]. The lowest BCUT2D eigenvalue weighted by atomic mass is 10.2. The third-order valence-corrected chi connectivity index (χ3v) is 6.11. The molecular weight excluding hydrogens is 427 g/mol. The Labute approximate surface area is 183 Å². The van der Waals surface area contributed by atoms with E-state index in [0.29, 0.717) is 18.0 Å². The zero-order valence-corrected chi connectivity index (χ0v) is 17.5. The van der Waals surface area contributed by atoms with E-state index in [-0.39, 0.29) is 18.3 Å². The summed E-state index contributed by atoms with van der Waals surface area (Å²) < 4.78 is 2.00. The lowest BCUT2D eigenvalue weighted by Crippen LogP contribution is -3.00. The molecule has 0 unspecified atom stereocenters. The average molecular weight is 443 g/mol. The number of carbonyl (C=O) groups excluding carboxylic acids is 1. The second kappa shape index (κ2) is 8.06. The van der Waals surface area contributed by atoms with Gasteiger partial charge in [0.05, 0.1) is 24.1 Å². The van der Waals surface area contributed by atoms with E-state index in [0.717, 1.165) is 32.2 Å². The highest BCUT2D eigenvalue weighted by atomic mass is 35.5. The fourth-order valence-electron chi connectivity index (χ4n) is 3.40. The monoisotopic (exact) mass is 442 g/mol. The largest absolute Gasteiger partial charge is 1.00 e. The Hall–Kier alpha value is -2.54. The van der Waals surface area contributed by atoms with Gasteiger partial charge in [0.15, 0.2) is 18.9 Å². The normalized spacial score (nSPS) is 12.2. The maximum absolute atomic E-state index is 13.3. The third kappa shape index (κ3) is 3.71. The summed E-state index contributed by atoms with van der Waals surface area (Å²) >= 11 is 7.89. The number of benzene rings is 2. The summed E-state index contributed by atoms with van der Waals surface area (Å²) in [7, 11) is 0. The Bertz CT molecular complexity index is 1210. The molecule has 2 aromatic heterocycles. The van der Waals surface area contributed by atoms with E-state index in [1.807, 2.05) is 65.5 Å². The number of fused-ring (bicyclic) bond motifs is 3. The summed E-state index contributed by atoms with van der Waals surface area (Å²) in [5, 5.41) is 0.621. The Morgan fingerprint density at radius 3 is 2.86 bits per heavy atom. The Kier molecular flexibility index (Phi) is 5.50. The number of imidazole rings is 1. The number of H-pyrrole nitrogens is 1. The molecule has 1 aliphatic rings. The maximum atomic E-state index is 13.3. The van der Waals surface area contributed by atoms with Crippen LogP contribution in [0.15, 0.2) is 77.0 Å². The molecule has 1 aliphatic heterocycles. The van der Waals surface area contributed by atoms with Crippen molar-refractivity contribution in [2.45, 2.75) is 22.8 Å². The summed E-state index contributed by atoms with van der Waals surface area (Å²) in [6.45, 7) is 0.579. The summed E-state index contributed by atoms with van der Waals surface area (Å²) in [6, 6.07) is 15.6. The molecule has 2 aromatic carbocycles. The number of nitrogens with one attached hydrogen (secondary N) is 1. The van der Waals surface area contributed by atoms with Crippen LogP contribution in [0.1, 0.15) is 6.42 Å². The summed E-state index contributed by atoms with van der Waals surface area (Å²) in [4.78, 5) is 24.5. The molecule has 29 heavy (non-hydrogen) atoms. The molecule has 0 bridgehead atoms. The highest BCUT2D eigenvalue weighted by Gasteiger charge is 2.28. The Morgan fingerprint density at radius 1 is 1.14 bits per heavy atom. The number of carbonyl (C=O) groups is 1. The van der Waals surface area contributed by atoms with Crippen molar-refractivity contribution in [3.05, 3.63) is 72.3 Å². The van der Waals surface area contributed by atoms with Crippen LogP contribution in [-0.2, 0) is 11.3 Å². The van der Waals surface area contributed by atoms with Gasteiger partial charge in [0.1, 0.15) is 11.0 Å². The highest BCUT2D eigenvalue weighted by Crippen LogP contribution is 2.48. The Balaban J connectivity index is 0.00000205. The number of hydrogen-bond acceptors (Lipinski definition) is 3. The third-order valence-electron chi connectivity index (χ3n) is 4.74. The fraction of sp³-hybridized carbons (Fsp3) is 0.0952. The van der Waals surface area contributed by atoms with Gasteiger partial charge in [-0.25, -0.2) is 9.55 Å². The Morgan fingerprint density at radius 2 is 1.97 bits per heavy atom. The number of rotatable bonds is 3. The number of pyridine rings is 1. The molecule has 3 heterocycles. The zero-order valence-electron chi connectivity index (χ0n) is 15.2. The van der Waals surface area contributed by atoms with Crippen molar-refractivity contribution in [1.82, 2.24) is 9.97 Å². The first-order chi connectivity index (χ1) is 13.7. The van der Waals surface area contributed by atoms with Gasteiger partial charge in [-0.15, -0.1) is 0 Å². The highest BCUT2D eigenvalue weighted by molar-refractivity contribution is 7.99. The molecule has 0 saturated carbocycles. The first-order valence-electron chi connectivity index (χ1n) is 8.90. The van der Waals surface area contributed by atoms with E-state index >= 15 is 0 Å². The van der Waals surface area contributed by atoms with Gasteiger partial charge in [0, 0.05) is 20.9 Å². The van der Waals surface area contributed by atoms with E-state index < -0.39 is 0 Å². The first kappa shape index (κ1) is 19.8. The molecule has 8 heteroatoms. The van der Waals surface area contributed by atoms with E-state index in [4.69, 9.17) is 11.6 Å². The summed E-state index contributed by atoms with van der Waals surface area (Å²) in [6.07, 6.45) is 5.96. The predicted molar refractivity (Wildman–Crippen MR) is 110 cm³/mol. The number of anilines is 2. The standard InChI is InChI=1S/C21H15ClN4OS.ClH/c22-14-5-6-20-18(11-14)26(17-3-1-2-4-19(17)28-20)21(27)8-10-25-9-7-15-16(12-25)24-13-23-15;/h1-7,9,11-13H,8,10H2;1H. The van der Waals surface area contributed by atoms with E-state index in [1.165, 1.54) is 0 Å². The molecule has 1 N–H and O–H groups in total. The zero-order chi connectivity index (χ0) is 19.1. The topological polar surface area (TPSA) is 52.9 Å². The van der Waals surface area contributed by atoms with Crippen LogP contribution in [0, 0.1) is 0 Å². The van der Waals surface area contributed by atoms with Gasteiger partial charge < -0.3 is 17.4 Å². The van der Waals surface area contributed by atoms with E-state index in [2.05, 4.69) is 9.97 Å². The lowest BCUT2D eigenvalue weighted by Gasteiger charge is -2.31. The molecule has 4 aromatic rings. The molecular formula is C21H16Cl2N4OS. The van der Waals surface area contributed by atoms with E-state index in [1.54, 1.807) is 23.0 Å². The van der Waals surface area contributed by atoms with Crippen LogP contribution in [0.25, 0.3) is 11.0 Å². The number of aryl methyl sites for hydroxylation is 1. The van der Waals surface area contributed by atoms with Gasteiger partial charge in [0.2, 0.25) is 5.91 Å². The van der Waals surface area contributed by atoms with Crippen LogP contribution < -0.4 is 21.9 Å². The minimum atomic E-state index is 0. The van der Waals surface area contributed by atoms with Crippen molar-refractivity contribution in [2.24, 2.45) is 0 Å². The number of hydrogen-bond donors (Lipinski definition) is 1.